The summed E-state index contributed by atoms with van der Waals surface area (Å²) in [7, 11) is 0. The molecule has 1 amide bonds. The van der Waals surface area contributed by atoms with Gasteiger partial charge in [-0.2, -0.15) is 0 Å². The molecular formula is C14H26N2O3. The van der Waals surface area contributed by atoms with Crippen LogP contribution < -0.4 is 5.73 Å². The van der Waals surface area contributed by atoms with Gasteiger partial charge in [-0.3, -0.25) is 9.59 Å². The summed E-state index contributed by atoms with van der Waals surface area (Å²) in [6.07, 6.45) is 8.44. The Morgan fingerprint density at radius 2 is 1.74 bits per heavy atom. The van der Waals surface area contributed by atoms with Gasteiger partial charge in [0.25, 0.3) is 0 Å². The highest BCUT2D eigenvalue weighted by Crippen LogP contribution is 2.24. The zero-order chi connectivity index (χ0) is 14.1. The van der Waals surface area contributed by atoms with E-state index in [9.17, 15) is 9.59 Å². The summed E-state index contributed by atoms with van der Waals surface area (Å²) >= 11 is 0. The quantitative estimate of drug-likeness (QED) is 0.625. The number of nitrogens with two attached hydrogens (primary N) is 1. The molecule has 0 aromatic carbocycles. The number of rotatable bonds is 9. The van der Waals surface area contributed by atoms with Gasteiger partial charge < -0.3 is 15.7 Å². The highest BCUT2D eigenvalue weighted by molar-refractivity contribution is 5.81. The van der Waals surface area contributed by atoms with Crippen molar-refractivity contribution in [2.75, 3.05) is 13.1 Å². The van der Waals surface area contributed by atoms with Crippen LogP contribution >= 0.6 is 0 Å². The molecule has 0 saturated heterocycles. The van der Waals surface area contributed by atoms with Gasteiger partial charge in [-0.1, -0.05) is 25.7 Å². The maximum atomic E-state index is 12.1. The van der Waals surface area contributed by atoms with E-state index < -0.39 is 5.97 Å². The van der Waals surface area contributed by atoms with E-state index in [1.165, 1.54) is 0 Å². The number of unbranched alkanes of at least 4 members (excludes halogenated alkanes) is 3. The van der Waals surface area contributed by atoms with Crippen LogP contribution in [0.3, 0.4) is 0 Å². The minimum absolute atomic E-state index is 0.00190. The Morgan fingerprint density at radius 1 is 1.11 bits per heavy atom. The van der Waals surface area contributed by atoms with E-state index in [-0.39, 0.29) is 18.5 Å². The van der Waals surface area contributed by atoms with Gasteiger partial charge in [0, 0.05) is 12.5 Å². The van der Waals surface area contributed by atoms with Crippen molar-refractivity contribution in [2.45, 2.75) is 63.8 Å². The maximum Gasteiger partial charge on any atom is 0.323 e. The summed E-state index contributed by atoms with van der Waals surface area (Å²) in [5.41, 5.74) is 5.42. The first kappa shape index (κ1) is 16.0. The van der Waals surface area contributed by atoms with Crippen molar-refractivity contribution in [1.29, 1.82) is 0 Å². The first-order chi connectivity index (χ1) is 9.15. The normalized spacial score (nSPS) is 15.6. The highest BCUT2D eigenvalue weighted by atomic mass is 16.4. The highest BCUT2D eigenvalue weighted by Gasteiger charge is 2.27. The van der Waals surface area contributed by atoms with Crippen LogP contribution in [-0.4, -0.2) is 41.0 Å². The van der Waals surface area contributed by atoms with Crippen LogP contribution in [0.1, 0.15) is 57.8 Å². The average molecular weight is 270 g/mol. The average Bonchev–Trinajstić information content (AvgIpc) is 2.89. The lowest BCUT2D eigenvalue weighted by molar-refractivity contribution is -0.146. The lowest BCUT2D eigenvalue weighted by Crippen LogP contribution is -2.42. The van der Waals surface area contributed by atoms with Gasteiger partial charge in [-0.15, -0.1) is 0 Å². The van der Waals surface area contributed by atoms with E-state index in [0.29, 0.717) is 13.0 Å². The van der Waals surface area contributed by atoms with Crippen LogP contribution in [0.25, 0.3) is 0 Å². The summed E-state index contributed by atoms with van der Waals surface area (Å²) in [6.45, 7) is 0.549. The van der Waals surface area contributed by atoms with Crippen molar-refractivity contribution in [3.05, 3.63) is 0 Å². The van der Waals surface area contributed by atoms with Gasteiger partial charge >= 0.3 is 5.97 Å². The summed E-state index contributed by atoms with van der Waals surface area (Å²) in [5, 5.41) is 8.93. The first-order valence-electron chi connectivity index (χ1n) is 7.36. The van der Waals surface area contributed by atoms with E-state index >= 15 is 0 Å². The molecule has 1 aliphatic carbocycles. The predicted molar refractivity (Wildman–Crippen MR) is 73.7 cm³/mol. The molecule has 1 aliphatic rings. The summed E-state index contributed by atoms with van der Waals surface area (Å²) in [6, 6.07) is 0.146. The number of carbonyl (C=O) groups is 2. The minimum atomic E-state index is -0.914. The Hall–Kier alpha value is -1.10. The zero-order valence-corrected chi connectivity index (χ0v) is 11.6. The van der Waals surface area contributed by atoms with Gasteiger partial charge in [-0.25, -0.2) is 0 Å². The lowest BCUT2D eigenvalue weighted by atomic mass is 10.1. The van der Waals surface area contributed by atoms with E-state index in [4.69, 9.17) is 10.8 Å². The van der Waals surface area contributed by atoms with Gasteiger partial charge in [0.05, 0.1) is 0 Å². The van der Waals surface area contributed by atoms with Crippen LogP contribution in [0.2, 0.25) is 0 Å². The molecule has 1 rings (SSSR count). The molecule has 0 unspecified atom stereocenters. The number of nitrogens with zero attached hydrogens (tertiary/aromatic N) is 1. The molecule has 0 aliphatic heterocycles. The zero-order valence-electron chi connectivity index (χ0n) is 11.6. The molecule has 1 saturated carbocycles. The Labute approximate surface area is 115 Å². The van der Waals surface area contributed by atoms with E-state index in [1.807, 2.05) is 0 Å². The fourth-order valence-corrected chi connectivity index (χ4v) is 2.70. The van der Waals surface area contributed by atoms with Crippen LogP contribution in [-0.2, 0) is 9.59 Å². The van der Waals surface area contributed by atoms with Crippen molar-refractivity contribution in [1.82, 2.24) is 4.90 Å². The molecule has 0 aromatic rings. The second-order valence-corrected chi connectivity index (χ2v) is 5.31. The Balaban J connectivity index is 2.35. The SMILES string of the molecule is NCCCCCCC(=O)N(CC(=O)O)C1CCCC1. The summed E-state index contributed by atoms with van der Waals surface area (Å²) in [5.74, 6) is -0.912. The fraction of sp³-hybridized carbons (Fsp3) is 0.857. The largest absolute Gasteiger partial charge is 0.480 e. The van der Waals surface area contributed by atoms with Crippen molar-refractivity contribution in [3.8, 4) is 0 Å². The van der Waals surface area contributed by atoms with Crippen LogP contribution in [0, 0.1) is 0 Å². The number of hydrogen-bond acceptors (Lipinski definition) is 3. The second kappa shape index (κ2) is 8.91. The standard InChI is InChI=1S/C14H26N2O3/c15-10-6-2-1-3-9-13(17)16(11-14(18)19)12-7-4-5-8-12/h12H,1-11,15H2,(H,18,19). The van der Waals surface area contributed by atoms with Crippen molar-refractivity contribution >= 4 is 11.9 Å². The Bertz CT molecular complexity index is 288. The van der Waals surface area contributed by atoms with E-state index in [0.717, 1.165) is 51.4 Å². The monoisotopic (exact) mass is 270 g/mol. The molecule has 0 heterocycles. The van der Waals surface area contributed by atoms with E-state index in [1.54, 1.807) is 4.90 Å². The molecule has 1 fully saturated rings. The first-order valence-corrected chi connectivity index (χ1v) is 7.36. The molecule has 3 N–H and O–H groups in total. The molecule has 0 aromatic heterocycles. The van der Waals surface area contributed by atoms with Gasteiger partial charge in [0.15, 0.2) is 0 Å². The minimum Gasteiger partial charge on any atom is -0.480 e. The second-order valence-electron chi connectivity index (χ2n) is 5.31. The molecule has 110 valence electrons. The van der Waals surface area contributed by atoms with Gasteiger partial charge in [0.1, 0.15) is 6.54 Å². The summed E-state index contributed by atoms with van der Waals surface area (Å²) in [4.78, 5) is 24.6. The lowest BCUT2D eigenvalue weighted by Gasteiger charge is -2.27. The molecule has 0 radical (unpaired) electrons. The molecule has 0 atom stereocenters. The number of hydrogen-bond donors (Lipinski definition) is 2. The third kappa shape index (κ3) is 6.05. The predicted octanol–water partition coefficient (Wildman–Crippen LogP) is 1.75. The Morgan fingerprint density at radius 3 is 2.32 bits per heavy atom. The smallest absolute Gasteiger partial charge is 0.323 e. The third-order valence-electron chi connectivity index (χ3n) is 3.74. The van der Waals surface area contributed by atoms with E-state index in [2.05, 4.69) is 0 Å². The Kier molecular flexibility index (Phi) is 7.48. The van der Waals surface area contributed by atoms with Crippen LogP contribution in [0.4, 0.5) is 0 Å². The molecule has 5 nitrogen and oxygen atoms in total. The number of carboxylic acid groups (broad SMARTS) is 1. The van der Waals surface area contributed by atoms with Crippen molar-refractivity contribution < 1.29 is 14.7 Å². The van der Waals surface area contributed by atoms with Crippen molar-refractivity contribution in [3.63, 3.8) is 0 Å². The number of aliphatic carboxylic acids is 1. The molecule has 0 spiro atoms. The number of amides is 1. The molecule has 0 bridgehead atoms. The number of carbonyl (C=O) groups excluding carboxylic acids is 1. The molecular weight excluding hydrogens is 244 g/mol. The van der Waals surface area contributed by atoms with Crippen LogP contribution in [0.15, 0.2) is 0 Å². The number of carboxylic acids is 1. The third-order valence-corrected chi connectivity index (χ3v) is 3.74. The fourth-order valence-electron chi connectivity index (χ4n) is 2.70. The van der Waals surface area contributed by atoms with Crippen LogP contribution in [0.5, 0.6) is 0 Å². The van der Waals surface area contributed by atoms with Gasteiger partial charge in [0.2, 0.25) is 5.91 Å². The topological polar surface area (TPSA) is 83.6 Å². The maximum absolute atomic E-state index is 12.1. The van der Waals surface area contributed by atoms with Gasteiger partial charge in [-0.05, 0) is 32.2 Å². The molecule has 5 heteroatoms. The summed E-state index contributed by atoms with van der Waals surface area (Å²) < 4.78 is 0. The van der Waals surface area contributed by atoms with Crippen molar-refractivity contribution in [2.24, 2.45) is 5.73 Å². The molecule has 19 heavy (non-hydrogen) atoms.